The second-order valence-electron chi connectivity index (χ2n) is 4.11. The first-order chi connectivity index (χ1) is 8.79. The maximum Gasteiger partial charge on any atom is 0.0839 e. The van der Waals surface area contributed by atoms with E-state index in [2.05, 4.69) is 5.10 Å². The molecule has 0 fully saturated rings. The van der Waals surface area contributed by atoms with E-state index >= 15 is 0 Å². The topological polar surface area (TPSA) is 43.8 Å². The lowest BCUT2D eigenvalue weighted by Crippen LogP contribution is -2.00. The van der Waals surface area contributed by atoms with Crippen LogP contribution in [0, 0.1) is 0 Å². The number of hydrogen-bond donors (Lipinski definition) is 1. The molecule has 1 aromatic heterocycles. The van der Waals surface area contributed by atoms with Gasteiger partial charge in [-0.3, -0.25) is 0 Å². The first-order valence-corrected chi connectivity index (χ1v) is 6.09. The van der Waals surface area contributed by atoms with Crippen LogP contribution in [0.15, 0.2) is 48.7 Å². The summed E-state index contributed by atoms with van der Waals surface area (Å²) in [5.41, 5.74) is 8.52. The fourth-order valence-corrected chi connectivity index (χ4v) is 2.30. The van der Waals surface area contributed by atoms with Gasteiger partial charge in [0.15, 0.2) is 0 Å². The quantitative estimate of drug-likeness (QED) is 0.767. The number of hydrogen-bond acceptors (Lipinski definition) is 2. The first-order valence-electron chi connectivity index (χ1n) is 5.71. The zero-order valence-corrected chi connectivity index (χ0v) is 10.4. The molecule has 0 aliphatic rings. The maximum atomic E-state index is 6.28. The van der Waals surface area contributed by atoms with Crippen LogP contribution in [0.1, 0.15) is 5.56 Å². The lowest BCUT2D eigenvalue weighted by atomic mass is 10.2. The Hall–Kier alpha value is -1.84. The van der Waals surface area contributed by atoms with Crippen LogP contribution >= 0.6 is 11.6 Å². The molecule has 0 aliphatic carbocycles. The molecule has 0 radical (unpaired) electrons. The molecule has 3 rings (SSSR count). The number of nitrogens with two attached hydrogens (primary N) is 1. The van der Waals surface area contributed by atoms with Crippen LogP contribution in [0.2, 0.25) is 5.02 Å². The van der Waals surface area contributed by atoms with Crippen molar-refractivity contribution in [1.82, 2.24) is 9.78 Å². The van der Waals surface area contributed by atoms with Crippen molar-refractivity contribution in [2.45, 2.75) is 6.54 Å². The number of fused-ring (bicyclic) bond motifs is 1. The van der Waals surface area contributed by atoms with E-state index in [0.29, 0.717) is 11.6 Å². The standard InChI is InChI=1S/C14H12ClN3/c15-12-7-10(8-16)5-6-14(12)18-13-4-2-1-3-11(13)9-17-18/h1-7,9H,8,16H2. The van der Waals surface area contributed by atoms with Crippen molar-refractivity contribution in [1.29, 1.82) is 0 Å². The van der Waals surface area contributed by atoms with Gasteiger partial charge in [-0.2, -0.15) is 5.10 Å². The Morgan fingerprint density at radius 2 is 2.00 bits per heavy atom. The molecule has 18 heavy (non-hydrogen) atoms. The fourth-order valence-electron chi connectivity index (χ4n) is 2.01. The van der Waals surface area contributed by atoms with Crippen LogP contribution < -0.4 is 5.73 Å². The largest absolute Gasteiger partial charge is 0.326 e. The van der Waals surface area contributed by atoms with E-state index in [-0.39, 0.29) is 0 Å². The molecular formula is C14H12ClN3. The number of rotatable bonds is 2. The van der Waals surface area contributed by atoms with Gasteiger partial charge in [0.1, 0.15) is 0 Å². The van der Waals surface area contributed by atoms with Gasteiger partial charge in [-0.05, 0) is 23.8 Å². The third-order valence-electron chi connectivity index (χ3n) is 2.95. The van der Waals surface area contributed by atoms with Crippen LogP contribution in [0.4, 0.5) is 0 Å². The molecule has 0 amide bonds. The normalized spacial score (nSPS) is 11.0. The molecule has 0 saturated carbocycles. The van der Waals surface area contributed by atoms with Gasteiger partial charge in [0.2, 0.25) is 0 Å². The monoisotopic (exact) mass is 257 g/mol. The highest BCUT2D eigenvalue weighted by Crippen LogP contribution is 2.25. The number of aromatic nitrogens is 2. The number of benzene rings is 2. The summed E-state index contributed by atoms with van der Waals surface area (Å²) < 4.78 is 1.85. The Kier molecular flexibility index (Phi) is 2.78. The number of para-hydroxylation sites is 1. The molecular weight excluding hydrogens is 246 g/mol. The fraction of sp³-hybridized carbons (Fsp3) is 0.0714. The predicted molar refractivity (Wildman–Crippen MR) is 74.0 cm³/mol. The van der Waals surface area contributed by atoms with Crippen LogP contribution in [0.5, 0.6) is 0 Å². The zero-order valence-electron chi connectivity index (χ0n) is 9.68. The molecule has 90 valence electrons. The van der Waals surface area contributed by atoms with Crippen molar-refractivity contribution >= 4 is 22.5 Å². The van der Waals surface area contributed by atoms with E-state index in [0.717, 1.165) is 22.2 Å². The number of halogens is 1. The van der Waals surface area contributed by atoms with E-state index in [4.69, 9.17) is 17.3 Å². The SMILES string of the molecule is NCc1ccc(-n2ncc3ccccc32)c(Cl)c1. The summed E-state index contributed by atoms with van der Waals surface area (Å²) in [7, 11) is 0. The molecule has 3 nitrogen and oxygen atoms in total. The summed E-state index contributed by atoms with van der Waals surface area (Å²) in [6.45, 7) is 0.486. The third-order valence-corrected chi connectivity index (χ3v) is 3.26. The predicted octanol–water partition coefficient (Wildman–Crippen LogP) is 3.14. The van der Waals surface area contributed by atoms with Crippen molar-refractivity contribution in [3.05, 3.63) is 59.2 Å². The van der Waals surface area contributed by atoms with Crippen LogP contribution in [0.25, 0.3) is 16.6 Å². The van der Waals surface area contributed by atoms with Gasteiger partial charge in [0, 0.05) is 11.9 Å². The highest BCUT2D eigenvalue weighted by atomic mass is 35.5. The maximum absolute atomic E-state index is 6.28. The summed E-state index contributed by atoms with van der Waals surface area (Å²) in [6, 6.07) is 13.8. The molecule has 0 aliphatic heterocycles. The minimum Gasteiger partial charge on any atom is -0.326 e. The van der Waals surface area contributed by atoms with Crippen molar-refractivity contribution in [3.8, 4) is 5.69 Å². The Labute approximate surface area is 110 Å². The minimum atomic E-state index is 0.486. The Morgan fingerprint density at radius 3 is 2.78 bits per heavy atom. The van der Waals surface area contributed by atoms with Crippen LogP contribution in [-0.4, -0.2) is 9.78 Å². The summed E-state index contributed by atoms with van der Waals surface area (Å²) in [6.07, 6.45) is 1.84. The highest BCUT2D eigenvalue weighted by Gasteiger charge is 2.08. The molecule has 0 unspecified atom stereocenters. The number of nitrogens with zero attached hydrogens (tertiary/aromatic N) is 2. The Balaban J connectivity index is 2.20. The summed E-state index contributed by atoms with van der Waals surface area (Å²) >= 11 is 6.28. The lowest BCUT2D eigenvalue weighted by Gasteiger charge is -2.07. The minimum absolute atomic E-state index is 0.486. The molecule has 2 N–H and O–H groups in total. The van der Waals surface area contributed by atoms with Gasteiger partial charge in [-0.25, -0.2) is 4.68 Å². The van der Waals surface area contributed by atoms with Crippen molar-refractivity contribution in [2.24, 2.45) is 5.73 Å². The average molecular weight is 258 g/mol. The highest BCUT2D eigenvalue weighted by molar-refractivity contribution is 6.32. The molecule has 0 saturated heterocycles. The Morgan fingerprint density at radius 1 is 1.17 bits per heavy atom. The summed E-state index contributed by atoms with van der Waals surface area (Å²) in [5, 5.41) is 6.14. The van der Waals surface area contributed by atoms with E-state index in [9.17, 15) is 0 Å². The first kappa shape index (κ1) is 11.3. The molecule has 2 aromatic carbocycles. The molecule has 0 atom stereocenters. The smallest absolute Gasteiger partial charge is 0.0839 e. The second-order valence-corrected chi connectivity index (χ2v) is 4.51. The van der Waals surface area contributed by atoms with Crippen molar-refractivity contribution < 1.29 is 0 Å². The van der Waals surface area contributed by atoms with Gasteiger partial charge < -0.3 is 5.73 Å². The molecule has 0 spiro atoms. The van der Waals surface area contributed by atoms with E-state index in [1.165, 1.54) is 0 Å². The lowest BCUT2D eigenvalue weighted by molar-refractivity contribution is 0.908. The van der Waals surface area contributed by atoms with Gasteiger partial charge in [0.05, 0.1) is 22.4 Å². The third kappa shape index (κ3) is 1.78. The summed E-state index contributed by atoms with van der Waals surface area (Å²) in [5.74, 6) is 0. The van der Waals surface area contributed by atoms with Crippen molar-refractivity contribution in [3.63, 3.8) is 0 Å². The molecule has 0 bridgehead atoms. The molecule has 1 heterocycles. The average Bonchev–Trinajstić information content (AvgIpc) is 2.82. The van der Waals surface area contributed by atoms with E-state index < -0.39 is 0 Å². The van der Waals surface area contributed by atoms with Gasteiger partial charge in [-0.1, -0.05) is 35.9 Å². The van der Waals surface area contributed by atoms with Crippen molar-refractivity contribution in [2.75, 3.05) is 0 Å². The summed E-state index contributed by atoms with van der Waals surface area (Å²) in [4.78, 5) is 0. The van der Waals surface area contributed by atoms with Gasteiger partial charge >= 0.3 is 0 Å². The second kappa shape index (κ2) is 4.44. The molecule has 3 aromatic rings. The van der Waals surface area contributed by atoms with Crippen LogP contribution in [0.3, 0.4) is 0 Å². The van der Waals surface area contributed by atoms with Crippen LogP contribution in [-0.2, 0) is 6.54 Å². The zero-order chi connectivity index (χ0) is 12.5. The van der Waals surface area contributed by atoms with E-state index in [1.54, 1.807) is 0 Å². The van der Waals surface area contributed by atoms with Gasteiger partial charge in [0.25, 0.3) is 0 Å². The molecule has 4 heteroatoms. The Bertz CT molecular complexity index is 703. The van der Waals surface area contributed by atoms with E-state index in [1.807, 2.05) is 53.3 Å². The van der Waals surface area contributed by atoms with Gasteiger partial charge in [-0.15, -0.1) is 0 Å².